The first kappa shape index (κ1) is 58.6. The van der Waals surface area contributed by atoms with Crippen LogP contribution in [0.25, 0.3) is 0 Å². The zero-order valence-corrected chi connectivity index (χ0v) is 40.7. The van der Waals surface area contributed by atoms with Gasteiger partial charge >= 0.3 is 5.97 Å². The van der Waals surface area contributed by atoms with Crippen LogP contribution in [0.3, 0.4) is 0 Å². The van der Waals surface area contributed by atoms with Crippen LogP contribution < -0.4 is 10.6 Å². The van der Waals surface area contributed by atoms with Gasteiger partial charge in [-0.1, -0.05) is 224 Å². The van der Waals surface area contributed by atoms with Crippen LogP contribution in [-0.4, -0.2) is 35.5 Å². The molecule has 0 radical (unpaired) electrons. The van der Waals surface area contributed by atoms with Crippen LogP contribution in [0.15, 0.2) is 36.5 Å². The van der Waals surface area contributed by atoms with Gasteiger partial charge in [0.05, 0.1) is 0 Å². The molecule has 0 fully saturated rings. The first-order valence-corrected chi connectivity index (χ1v) is 26.7. The van der Waals surface area contributed by atoms with Crippen LogP contribution in [0.4, 0.5) is 0 Å². The van der Waals surface area contributed by atoms with E-state index in [1.54, 1.807) is 0 Å². The Balaban J connectivity index is 3.57. The van der Waals surface area contributed by atoms with E-state index in [1.165, 1.54) is 205 Å². The van der Waals surface area contributed by atoms with E-state index in [9.17, 15) is 19.5 Å². The summed E-state index contributed by atoms with van der Waals surface area (Å²) in [5, 5.41) is 15.3. The Morgan fingerprint density at radius 3 is 1.23 bits per heavy atom. The second kappa shape index (κ2) is 48.7. The van der Waals surface area contributed by atoms with Gasteiger partial charge in [-0.05, 0) is 83.5 Å². The van der Waals surface area contributed by atoms with Gasteiger partial charge in [-0.3, -0.25) is 9.59 Å². The lowest BCUT2D eigenvalue weighted by Gasteiger charge is -2.14. The zero-order chi connectivity index (χ0) is 44.5. The first-order chi connectivity index (χ1) is 29.9. The fraction of sp³-hybridized carbons (Fsp3) is 0.836. The standard InChI is InChI=1S/C55H102N2O4/c1-4-6-8-10-11-12-13-14-15-16-17-18-19-20-21-24-27-30-33-37-41-48-53(58)56-50-44-43-47-52(55(60)61)57-54(59)49-42-38-34-31-28-25-22-23-26-29-32-36-40-46-51(3)45-39-35-9-7-5-2/h14-15,40,46,52H,3-13,16-39,41-45,47-50H2,1-2H3,(H,56,58)(H,57,59)(H,60,61)/b15-14-,46-40-. The molecule has 61 heavy (non-hydrogen) atoms. The number of carbonyl (C=O) groups excluding carboxylic acids is 2. The Morgan fingerprint density at radius 1 is 0.443 bits per heavy atom. The molecular weight excluding hydrogens is 753 g/mol. The molecule has 0 aromatic carbocycles. The van der Waals surface area contributed by atoms with Crippen molar-refractivity contribution < 1.29 is 19.5 Å². The maximum Gasteiger partial charge on any atom is 0.326 e. The molecule has 6 nitrogen and oxygen atoms in total. The SMILES string of the molecule is C=C(/C=C\CCCCCCCCCCCCCC(=O)NC(CCCCNC(=O)CCCCCCCCCCCCC/C=C\CCCCCCCC)C(=O)O)CCCCCCC. The Labute approximate surface area is 379 Å². The summed E-state index contributed by atoms with van der Waals surface area (Å²) in [7, 11) is 0. The van der Waals surface area contributed by atoms with Crippen LogP contribution >= 0.6 is 0 Å². The van der Waals surface area contributed by atoms with Crippen molar-refractivity contribution in [2.75, 3.05) is 6.54 Å². The summed E-state index contributed by atoms with van der Waals surface area (Å²) in [5.74, 6) is -1.05. The number of aliphatic carboxylic acids is 1. The quantitative estimate of drug-likeness (QED) is 0.0323. The number of nitrogens with one attached hydrogen (secondary N) is 2. The van der Waals surface area contributed by atoms with E-state index in [0.717, 1.165) is 44.9 Å². The van der Waals surface area contributed by atoms with Crippen LogP contribution in [0.2, 0.25) is 0 Å². The average Bonchev–Trinajstić information content (AvgIpc) is 3.24. The molecule has 0 saturated heterocycles. The number of hydrogen-bond acceptors (Lipinski definition) is 3. The van der Waals surface area contributed by atoms with Gasteiger partial charge in [0, 0.05) is 19.4 Å². The van der Waals surface area contributed by atoms with Crippen LogP contribution in [-0.2, 0) is 14.4 Å². The first-order valence-electron chi connectivity index (χ1n) is 26.7. The number of hydrogen-bond donors (Lipinski definition) is 3. The summed E-state index contributed by atoms with van der Waals surface area (Å²) in [5.41, 5.74) is 1.28. The Kier molecular flexibility index (Phi) is 46.8. The second-order valence-electron chi connectivity index (χ2n) is 18.4. The molecule has 0 heterocycles. The third kappa shape index (κ3) is 47.0. The highest BCUT2D eigenvalue weighted by Crippen LogP contribution is 2.16. The summed E-state index contributed by atoms with van der Waals surface area (Å²) in [6, 6.07) is -0.855. The van der Waals surface area contributed by atoms with Gasteiger partial charge in [0.2, 0.25) is 11.8 Å². The highest BCUT2D eigenvalue weighted by atomic mass is 16.4. The van der Waals surface area contributed by atoms with Gasteiger partial charge in [-0.25, -0.2) is 4.79 Å². The van der Waals surface area contributed by atoms with Crippen molar-refractivity contribution in [3.63, 3.8) is 0 Å². The van der Waals surface area contributed by atoms with Crippen molar-refractivity contribution >= 4 is 17.8 Å². The van der Waals surface area contributed by atoms with E-state index < -0.39 is 12.0 Å². The monoisotopic (exact) mass is 855 g/mol. The fourth-order valence-corrected chi connectivity index (χ4v) is 8.16. The molecule has 0 rings (SSSR count). The lowest BCUT2D eigenvalue weighted by Crippen LogP contribution is -2.40. The van der Waals surface area contributed by atoms with E-state index in [4.69, 9.17) is 0 Å². The van der Waals surface area contributed by atoms with Crippen LogP contribution in [0.1, 0.15) is 284 Å². The fourth-order valence-electron chi connectivity index (χ4n) is 8.16. The van der Waals surface area contributed by atoms with Gasteiger partial charge in [0.1, 0.15) is 6.04 Å². The van der Waals surface area contributed by atoms with Gasteiger partial charge in [-0.15, -0.1) is 0 Å². The summed E-state index contributed by atoms with van der Waals surface area (Å²) >= 11 is 0. The van der Waals surface area contributed by atoms with Crippen molar-refractivity contribution in [2.45, 2.75) is 290 Å². The van der Waals surface area contributed by atoms with E-state index >= 15 is 0 Å². The maximum absolute atomic E-state index is 12.4. The number of carboxylic acid groups (broad SMARTS) is 1. The average molecular weight is 855 g/mol. The lowest BCUT2D eigenvalue weighted by molar-refractivity contribution is -0.142. The van der Waals surface area contributed by atoms with Gasteiger partial charge in [0.25, 0.3) is 0 Å². The molecule has 0 bridgehead atoms. The number of carboxylic acids is 1. The third-order valence-electron chi connectivity index (χ3n) is 12.3. The molecule has 0 aliphatic carbocycles. The molecule has 356 valence electrons. The molecule has 0 aromatic heterocycles. The van der Waals surface area contributed by atoms with Gasteiger partial charge < -0.3 is 15.7 Å². The molecule has 0 aromatic rings. The molecule has 0 saturated carbocycles. The van der Waals surface area contributed by atoms with E-state index in [0.29, 0.717) is 32.2 Å². The van der Waals surface area contributed by atoms with Gasteiger partial charge in [0.15, 0.2) is 0 Å². The van der Waals surface area contributed by atoms with Crippen LogP contribution in [0.5, 0.6) is 0 Å². The molecular formula is C55H102N2O4. The van der Waals surface area contributed by atoms with Crippen molar-refractivity contribution in [1.29, 1.82) is 0 Å². The smallest absolute Gasteiger partial charge is 0.326 e. The number of carbonyl (C=O) groups is 3. The third-order valence-corrected chi connectivity index (χ3v) is 12.3. The molecule has 0 aliphatic rings. The topological polar surface area (TPSA) is 95.5 Å². The lowest BCUT2D eigenvalue weighted by atomic mass is 10.0. The minimum Gasteiger partial charge on any atom is -0.480 e. The van der Waals surface area contributed by atoms with Crippen molar-refractivity contribution in [3.8, 4) is 0 Å². The minimum atomic E-state index is -0.980. The van der Waals surface area contributed by atoms with Crippen molar-refractivity contribution in [3.05, 3.63) is 36.5 Å². The number of rotatable bonds is 49. The normalized spacial score (nSPS) is 12.1. The highest BCUT2D eigenvalue weighted by molar-refractivity contribution is 5.83. The second-order valence-corrected chi connectivity index (χ2v) is 18.4. The largest absolute Gasteiger partial charge is 0.480 e. The minimum absolute atomic E-state index is 0.0898. The summed E-state index contributed by atoms with van der Waals surface area (Å²) in [6.45, 7) is 9.30. The number of amides is 2. The Bertz CT molecular complexity index is 1050. The molecule has 1 atom stereocenters. The van der Waals surface area contributed by atoms with E-state index in [2.05, 4.69) is 55.4 Å². The van der Waals surface area contributed by atoms with E-state index in [1.807, 2.05) is 0 Å². The number of allylic oxidation sites excluding steroid dienone is 5. The highest BCUT2D eigenvalue weighted by Gasteiger charge is 2.19. The summed E-state index contributed by atoms with van der Waals surface area (Å²) < 4.78 is 0. The predicted octanol–water partition coefficient (Wildman–Crippen LogP) is 16.8. The zero-order valence-electron chi connectivity index (χ0n) is 40.7. The van der Waals surface area contributed by atoms with Gasteiger partial charge in [-0.2, -0.15) is 0 Å². The maximum atomic E-state index is 12.4. The molecule has 3 N–H and O–H groups in total. The number of unbranched alkanes of at least 4 members (excludes halogenated alkanes) is 33. The predicted molar refractivity (Wildman–Crippen MR) is 265 cm³/mol. The molecule has 0 spiro atoms. The molecule has 0 aliphatic heterocycles. The van der Waals surface area contributed by atoms with Crippen LogP contribution in [0, 0.1) is 0 Å². The van der Waals surface area contributed by atoms with E-state index in [-0.39, 0.29) is 11.8 Å². The Hall–Kier alpha value is -2.37. The Morgan fingerprint density at radius 2 is 0.803 bits per heavy atom. The molecule has 1 unspecified atom stereocenters. The summed E-state index contributed by atoms with van der Waals surface area (Å²) in [4.78, 5) is 36.4. The van der Waals surface area contributed by atoms with Crippen molar-refractivity contribution in [2.24, 2.45) is 0 Å². The van der Waals surface area contributed by atoms with Crippen molar-refractivity contribution in [1.82, 2.24) is 10.6 Å². The molecule has 2 amide bonds. The molecule has 6 heteroatoms. The summed E-state index contributed by atoms with van der Waals surface area (Å²) in [6.07, 6.45) is 59.1.